The number of hydrogen-bond acceptors (Lipinski definition) is 3. The lowest BCUT2D eigenvalue weighted by atomic mass is 10.2. The van der Waals surface area contributed by atoms with Crippen LogP contribution in [0.5, 0.6) is 0 Å². The van der Waals surface area contributed by atoms with Gasteiger partial charge in [0.25, 0.3) is 0 Å². The second-order valence-corrected chi connectivity index (χ2v) is 4.46. The highest BCUT2D eigenvalue weighted by atomic mass is 16.5. The Kier molecular flexibility index (Phi) is 6.89. The first-order valence-corrected chi connectivity index (χ1v) is 6.44. The average Bonchev–Trinajstić information content (AvgIpc) is 2.37. The number of carbonyl (C=O) groups excluding carboxylic acids is 1. The number of ether oxygens (including phenoxy) is 1. The maximum absolute atomic E-state index is 11.8. The van der Waals surface area contributed by atoms with Gasteiger partial charge in [0.1, 0.15) is 0 Å². The van der Waals surface area contributed by atoms with E-state index in [9.17, 15) is 4.79 Å². The minimum absolute atomic E-state index is 0.233. The van der Waals surface area contributed by atoms with E-state index < -0.39 is 0 Å². The van der Waals surface area contributed by atoms with E-state index in [0.717, 1.165) is 32.5 Å². The third kappa shape index (κ3) is 5.84. The summed E-state index contributed by atoms with van der Waals surface area (Å²) in [6, 6.07) is 0.450. The summed E-state index contributed by atoms with van der Waals surface area (Å²) in [7, 11) is 0. The van der Waals surface area contributed by atoms with Gasteiger partial charge in [0.05, 0.1) is 13.2 Å². The maximum Gasteiger partial charge on any atom is 0.224 e. The van der Waals surface area contributed by atoms with Crippen LogP contribution in [-0.4, -0.2) is 49.7 Å². The van der Waals surface area contributed by atoms with Crippen molar-refractivity contribution < 1.29 is 9.53 Å². The molecular formula is C13H24N2O2. The van der Waals surface area contributed by atoms with Gasteiger partial charge >= 0.3 is 0 Å². The van der Waals surface area contributed by atoms with Crippen molar-refractivity contribution >= 4 is 5.91 Å². The first-order chi connectivity index (χ1) is 8.24. The normalized spacial score (nSPS) is 17.8. The second kappa shape index (κ2) is 8.25. The minimum Gasteiger partial charge on any atom is -0.378 e. The van der Waals surface area contributed by atoms with E-state index in [1.165, 1.54) is 0 Å². The monoisotopic (exact) mass is 240 g/mol. The fourth-order valence-electron chi connectivity index (χ4n) is 1.87. The highest BCUT2D eigenvalue weighted by Crippen LogP contribution is 2.01. The van der Waals surface area contributed by atoms with Crippen LogP contribution in [0.4, 0.5) is 0 Å². The van der Waals surface area contributed by atoms with Crippen LogP contribution in [0.15, 0.2) is 12.7 Å². The van der Waals surface area contributed by atoms with Gasteiger partial charge in [0, 0.05) is 32.1 Å². The van der Waals surface area contributed by atoms with Crippen molar-refractivity contribution in [3.8, 4) is 0 Å². The van der Waals surface area contributed by atoms with Crippen molar-refractivity contribution in [2.24, 2.45) is 0 Å². The molecule has 1 atom stereocenters. The Balaban J connectivity index is 2.08. The number of nitrogens with one attached hydrogen (secondary N) is 1. The first kappa shape index (κ1) is 14.2. The fraction of sp³-hybridized carbons (Fsp3) is 0.769. The van der Waals surface area contributed by atoms with E-state index in [2.05, 4.69) is 18.8 Å². The smallest absolute Gasteiger partial charge is 0.224 e. The second-order valence-electron chi connectivity index (χ2n) is 4.46. The van der Waals surface area contributed by atoms with E-state index in [0.29, 0.717) is 25.7 Å². The number of hydrogen-bond donors (Lipinski definition) is 1. The Bertz CT molecular complexity index is 238. The SMILES string of the molecule is C=CCCC(C)NCCC(=O)N1CCOCC1. The number of nitrogens with zero attached hydrogens (tertiary/aromatic N) is 1. The molecule has 98 valence electrons. The topological polar surface area (TPSA) is 41.6 Å². The molecule has 0 radical (unpaired) electrons. The molecule has 4 nitrogen and oxygen atoms in total. The molecule has 1 amide bonds. The Morgan fingerprint density at radius 2 is 2.24 bits per heavy atom. The molecule has 1 aliphatic rings. The molecule has 0 aromatic rings. The van der Waals surface area contributed by atoms with E-state index in [-0.39, 0.29) is 5.91 Å². The van der Waals surface area contributed by atoms with Crippen LogP contribution in [0.2, 0.25) is 0 Å². The van der Waals surface area contributed by atoms with Crippen molar-refractivity contribution in [2.75, 3.05) is 32.8 Å². The third-order valence-corrected chi connectivity index (χ3v) is 3.00. The quantitative estimate of drug-likeness (QED) is 0.679. The van der Waals surface area contributed by atoms with Gasteiger partial charge in [0.2, 0.25) is 5.91 Å². The van der Waals surface area contributed by atoms with Crippen LogP contribution in [0.3, 0.4) is 0 Å². The molecule has 0 saturated carbocycles. The molecule has 1 unspecified atom stereocenters. The summed E-state index contributed by atoms with van der Waals surface area (Å²) in [4.78, 5) is 13.7. The van der Waals surface area contributed by atoms with Gasteiger partial charge in [-0.15, -0.1) is 6.58 Å². The molecule has 4 heteroatoms. The summed E-state index contributed by atoms with van der Waals surface area (Å²) in [5, 5.41) is 3.36. The Morgan fingerprint density at radius 3 is 2.88 bits per heavy atom. The number of rotatable bonds is 7. The lowest BCUT2D eigenvalue weighted by molar-refractivity contribution is -0.135. The zero-order valence-corrected chi connectivity index (χ0v) is 10.8. The van der Waals surface area contributed by atoms with Crippen molar-refractivity contribution in [2.45, 2.75) is 32.2 Å². The van der Waals surface area contributed by atoms with Gasteiger partial charge in [-0.3, -0.25) is 4.79 Å². The first-order valence-electron chi connectivity index (χ1n) is 6.44. The van der Waals surface area contributed by atoms with Gasteiger partial charge in [-0.1, -0.05) is 6.08 Å². The average molecular weight is 240 g/mol. The lowest BCUT2D eigenvalue weighted by Crippen LogP contribution is -2.42. The molecule has 0 aromatic carbocycles. The van der Waals surface area contributed by atoms with Crippen molar-refractivity contribution in [1.82, 2.24) is 10.2 Å². The van der Waals surface area contributed by atoms with Crippen LogP contribution in [-0.2, 0) is 9.53 Å². The zero-order valence-electron chi connectivity index (χ0n) is 10.8. The highest BCUT2D eigenvalue weighted by Gasteiger charge is 2.16. The molecule has 1 N–H and O–H groups in total. The molecule has 0 aromatic heterocycles. The highest BCUT2D eigenvalue weighted by molar-refractivity contribution is 5.76. The lowest BCUT2D eigenvalue weighted by Gasteiger charge is -2.27. The minimum atomic E-state index is 0.233. The summed E-state index contributed by atoms with van der Waals surface area (Å²) < 4.78 is 5.22. The van der Waals surface area contributed by atoms with Gasteiger partial charge in [0.15, 0.2) is 0 Å². The molecule has 0 aliphatic carbocycles. The summed E-state index contributed by atoms with van der Waals surface area (Å²) >= 11 is 0. The Labute approximate surface area is 104 Å². The summed E-state index contributed by atoms with van der Waals surface area (Å²) in [6.07, 6.45) is 4.61. The maximum atomic E-state index is 11.8. The van der Waals surface area contributed by atoms with Gasteiger partial charge < -0.3 is 15.0 Å². The molecule has 0 bridgehead atoms. The van der Waals surface area contributed by atoms with E-state index >= 15 is 0 Å². The van der Waals surface area contributed by atoms with Crippen molar-refractivity contribution in [1.29, 1.82) is 0 Å². The Hall–Kier alpha value is -0.870. The third-order valence-electron chi connectivity index (χ3n) is 3.00. The molecule has 1 heterocycles. The summed E-state index contributed by atoms with van der Waals surface area (Å²) in [5.41, 5.74) is 0. The summed E-state index contributed by atoms with van der Waals surface area (Å²) in [6.45, 7) is 9.43. The van der Waals surface area contributed by atoms with Crippen LogP contribution < -0.4 is 5.32 Å². The predicted octanol–water partition coefficient (Wildman–Crippen LogP) is 1.18. The largest absolute Gasteiger partial charge is 0.378 e. The van der Waals surface area contributed by atoms with E-state index in [1.54, 1.807) is 0 Å². The van der Waals surface area contributed by atoms with Crippen LogP contribution >= 0.6 is 0 Å². The number of carbonyl (C=O) groups is 1. The molecule has 1 saturated heterocycles. The van der Waals surface area contributed by atoms with Crippen molar-refractivity contribution in [3.05, 3.63) is 12.7 Å². The van der Waals surface area contributed by atoms with E-state index in [1.807, 2.05) is 11.0 Å². The number of morpholine rings is 1. The number of amides is 1. The fourth-order valence-corrected chi connectivity index (χ4v) is 1.87. The van der Waals surface area contributed by atoms with Gasteiger partial charge in [-0.2, -0.15) is 0 Å². The molecule has 0 spiro atoms. The van der Waals surface area contributed by atoms with Gasteiger partial charge in [-0.25, -0.2) is 0 Å². The standard InChI is InChI=1S/C13H24N2O2/c1-3-4-5-12(2)14-7-6-13(16)15-8-10-17-11-9-15/h3,12,14H,1,4-11H2,2H3. The molecule has 1 aliphatic heterocycles. The molecular weight excluding hydrogens is 216 g/mol. The van der Waals surface area contributed by atoms with Gasteiger partial charge in [-0.05, 0) is 19.8 Å². The summed E-state index contributed by atoms with van der Waals surface area (Å²) in [5.74, 6) is 0.233. The Morgan fingerprint density at radius 1 is 1.53 bits per heavy atom. The predicted molar refractivity (Wildman–Crippen MR) is 68.9 cm³/mol. The van der Waals surface area contributed by atoms with Crippen LogP contribution in [0.1, 0.15) is 26.2 Å². The van der Waals surface area contributed by atoms with Crippen LogP contribution in [0, 0.1) is 0 Å². The van der Waals surface area contributed by atoms with Crippen LogP contribution in [0.25, 0.3) is 0 Å². The zero-order chi connectivity index (χ0) is 12.5. The number of allylic oxidation sites excluding steroid dienone is 1. The molecule has 1 rings (SSSR count). The van der Waals surface area contributed by atoms with E-state index in [4.69, 9.17) is 4.74 Å². The molecule has 17 heavy (non-hydrogen) atoms. The molecule has 1 fully saturated rings. The van der Waals surface area contributed by atoms with Crippen molar-refractivity contribution in [3.63, 3.8) is 0 Å².